The monoisotopic (exact) mass is 186 g/mol. The summed E-state index contributed by atoms with van der Waals surface area (Å²) in [6.45, 7) is 3.40. The van der Waals surface area contributed by atoms with Gasteiger partial charge in [-0.2, -0.15) is 0 Å². The Morgan fingerprint density at radius 1 is 1.43 bits per heavy atom. The van der Waals surface area contributed by atoms with Gasteiger partial charge in [-0.15, -0.1) is 0 Å². The molecular formula is C11H10N2O. The number of benzene rings is 1. The summed E-state index contributed by atoms with van der Waals surface area (Å²) in [5.74, 6) is -0.196. The molecule has 0 aliphatic carbocycles. The minimum absolute atomic E-state index is 0.196. The fourth-order valence-corrected chi connectivity index (χ4v) is 1.38. The van der Waals surface area contributed by atoms with Gasteiger partial charge >= 0.3 is 0 Å². The Morgan fingerprint density at radius 3 is 3.07 bits per heavy atom. The van der Waals surface area contributed by atoms with Gasteiger partial charge in [0.2, 0.25) is 5.91 Å². The van der Waals surface area contributed by atoms with Crippen LogP contribution in [0.15, 0.2) is 43.1 Å². The molecule has 0 spiro atoms. The number of anilines is 1. The van der Waals surface area contributed by atoms with Gasteiger partial charge in [0.25, 0.3) is 0 Å². The maximum Gasteiger partial charge on any atom is 0.247 e. The quantitative estimate of drug-likeness (QED) is 0.694. The van der Waals surface area contributed by atoms with Gasteiger partial charge in [-0.25, -0.2) is 0 Å². The molecule has 0 atom stereocenters. The Labute approximate surface area is 81.4 Å². The molecule has 0 aliphatic rings. The van der Waals surface area contributed by atoms with Crippen LogP contribution >= 0.6 is 0 Å². The molecule has 1 heterocycles. The van der Waals surface area contributed by atoms with Crippen LogP contribution < -0.4 is 5.32 Å². The number of carbonyl (C=O) groups excluding carboxylic acids is 1. The van der Waals surface area contributed by atoms with Gasteiger partial charge in [-0.05, 0) is 24.3 Å². The van der Waals surface area contributed by atoms with E-state index in [0.717, 1.165) is 16.6 Å². The second-order valence-corrected chi connectivity index (χ2v) is 2.94. The highest BCUT2D eigenvalue weighted by atomic mass is 16.1. The highest BCUT2D eigenvalue weighted by molar-refractivity contribution is 6.05. The van der Waals surface area contributed by atoms with Crippen LogP contribution in [0.3, 0.4) is 0 Å². The predicted octanol–water partition coefficient (Wildman–Crippen LogP) is 2.29. The van der Waals surface area contributed by atoms with E-state index in [1.165, 1.54) is 6.08 Å². The lowest BCUT2D eigenvalue weighted by Crippen LogP contribution is -2.07. The van der Waals surface area contributed by atoms with Gasteiger partial charge in [0.1, 0.15) is 0 Å². The number of rotatable bonds is 2. The van der Waals surface area contributed by atoms with E-state index in [9.17, 15) is 4.79 Å². The lowest BCUT2D eigenvalue weighted by Gasteiger charge is -2.02. The average molecular weight is 186 g/mol. The molecule has 2 rings (SSSR count). The number of nitrogens with one attached hydrogen (secondary N) is 2. The smallest absolute Gasteiger partial charge is 0.247 e. The molecule has 2 aromatic rings. The van der Waals surface area contributed by atoms with Crippen LogP contribution in [-0.4, -0.2) is 10.9 Å². The van der Waals surface area contributed by atoms with E-state index < -0.39 is 0 Å². The largest absolute Gasteiger partial charge is 0.361 e. The lowest BCUT2D eigenvalue weighted by atomic mass is 10.2. The van der Waals surface area contributed by atoms with Gasteiger partial charge in [0, 0.05) is 17.1 Å². The molecule has 14 heavy (non-hydrogen) atoms. The van der Waals surface area contributed by atoms with Crippen LogP contribution in [0.1, 0.15) is 0 Å². The van der Waals surface area contributed by atoms with Gasteiger partial charge < -0.3 is 10.3 Å². The standard InChI is InChI=1S/C11H10N2O/c1-2-11(14)13-10-5-3-4-9-8(10)6-7-12-9/h2-7,12H,1H2,(H,13,14). The van der Waals surface area contributed by atoms with E-state index >= 15 is 0 Å². The molecule has 3 nitrogen and oxygen atoms in total. The van der Waals surface area contributed by atoms with Crippen molar-refractivity contribution in [3.05, 3.63) is 43.1 Å². The van der Waals surface area contributed by atoms with E-state index in [1.54, 1.807) is 0 Å². The Hall–Kier alpha value is -2.03. The summed E-state index contributed by atoms with van der Waals surface area (Å²) in [6, 6.07) is 7.63. The minimum Gasteiger partial charge on any atom is -0.361 e. The number of H-pyrrole nitrogens is 1. The Bertz CT molecular complexity index is 485. The molecule has 1 amide bonds. The van der Waals surface area contributed by atoms with Crippen LogP contribution in [0.25, 0.3) is 10.9 Å². The Morgan fingerprint density at radius 2 is 2.29 bits per heavy atom. The molecule has 1 aromatic heterocycles. The SMILES string of the molecule is C=CC(=O)Nc1cccc2[nH]ccc12. The number of amides is 1. The molecule has 0 saturated heterocycles. The highest BCUT2D eigenvalue weighted by Crippen LogP contribution is 2.21. The zero-order valence-electron chi connectivity index (χ0n) is 7.58. The van der Waals surface area contributed by atoms with Crippen molar-refractivity contribution in [1.82, 2.24) is 4.98 Å². The van der Waals surface area contributed by atoms with Crippen molar-refractivity contribution in [2.24, 2.45) is 0 Å². The molecule has 0 bridgehead atoms. The van der Waals surface area contributed by atoms with Crippen molar-refractivity contribution in [3.63, 3.8) is 0 Å². The van der Waals surface area contributed by atoms with Crippen LogP contribution in [0.2, 0.25) is 0 Å². The van der Waals surface area contributed by atoms with Crippen molar-refractivity contribution in [3.8, 4) is 0 Å². The first-order valence-electron chi connectivity index (χ1n) is 4.31. The summed E-state index contributed by atoms with van der Waals surface area (Å²) in [7, 11) is 0. The normalized spacial score (nSPS) is 10.0. The number of carbonyl (C=O) groups is 1. The molecule has 0 radical (unpaired) electrons. The molecule has 3 heteroatoms. The van der Waals surface area contributed by atoms with Crippen molar-refractivity contribution in [2.75, 3.05) is 5.32 Å². The first-order valence-corrected chi connectivity index (χ1v) is 4.31. The molecular weight excluding hydrogens is 176 g/mol. The maximum absolute atomic E-state index is 11.1. The van der Waals surface area contributed by atoms with E-state index in [4.69, 9.17) is 0 Å². The van der Waals surface area contributed by atoms with E-state index in [1.807, 2.05) is 30.5 Å². The molecule has 0 unspecified atom stereocenters. The first-order chi connectivity index (χ1) is 6.81. The minimum atomic E-state index is -0.196. The van der Waals surface area contributed by atoms with E-state index in [0.29, 0.717) is 0 Å². The molecule has 70 valence electrons. The highest BCUT2D eigenvalue weighted by Gasteiger charge is 2.02. The number of aromatic amines is 1. The third-order valence-electron chi connectivity index (χ3n) is 2.04. The fourth-order valence-electron chi connectivity index (χ4n) is 1.38. The number of hydrogen-bond donors (Lipinski definition) is 2. The zero-order chi connectivity index (χ0) is 9.97. The van der Waals surface area contributed by atoms with Gasteiger partial charge in [0.05, 0.1) is 5.69 Å². The van der Waals surface area contributed by atoms with Crippen LogP contribution in [0.5, 0.6) is 0 Å². The topological polar surface area (TPSA) is 44.9 Å². The van der Waals surface area contributed by atoms with E-state index in [-0.39, 0.29) is 5.91 Å². The molecule has 1 aromatic carbocycles. The molecule has 0 saturated carbocycles. The second kappa shape index (κ2) is 3.38. The Kier molecular flexibility index (Phi) is 2.07. The second-order valence-electron chi connectivity index (χ2n) is 2.94. The van der Waals surface area contributed by atoms with Crippen LogP contribution in [0, 0.1) is 0 Å². The van der Waals surface area contributed by atoms with Crippen LogP contribution in [0.4, 0.5) is 5.69 Å². The average Bonchev–Trinajstić information content (AvgIpc) is 2.66. The summed E-state index contributed by atoms with van der Waals surface area (Å²) in [6.07, 6.45) is 3.10. The molecule has 0 fully saturated rings. The van der Waals surface area contributed by atoms with E-state index in [2.05, 4.69) is 16.9 Å². The summed E-state index contributed by atoms with van der Waals surface area (Å²) in [5, 5.41) is 3.75. The summed E-state index contributed by atoms with van der Waals surface area (Å²) in [5.41, 5.74) is 1.81. The Balaban J connectivity index is 2.46. The third-order valence-corrected chi connectivity index (χ3v) is 2.04. The fraction of sp³-hybridized carbons (Fsp3) is 0. The zero-order valence-corrected chi connectivity index (χ0v) is 7.58. The van der Waals surface area contributed by atoms with Crippen molar-refractivity contribution >= 4 is 22.5 Å². The summed E-state index contributed by atoms with van der Waals surface area (Å²) >= 11 is 0. The third kappa shape index (κ3) is 1.40. The summed E-state index contributed by atoms with van der Waals surface area (Å²) < 4.78 is 0. The van der Waals surface area contributed by atoms with Crippen LogP contribution in [-0.2, 0) is 4.79 Å². The summed E-state index contributed by atoms with van der Waals surface area (Å²) in [4.78, 5) is 14.2. The van der Waals surface area contributed by atoms with Gasteiger partial charge in [-0.1, -0.05) is 12.6 Å². The van der Waals surface area contributed by atoms with Crippen molar-refractivity contribution in [1.29, 1.82) is 0 Å². The maximum atomic E-state index is 11.1. The van der Waals surface area contributed by atoms with Gasteiger partial charge in [-0.3, -0.25) is 4.79 Å². The molecule has 0 aliphatic heterocycles. The molecule has 2 N–H and O–H groups in total. The first kappa shape index (κ1) is 8.56. The lowest BCUT2D eigenvalue weighted by molar-refractivity contribution is -0.111. The van der Waals surface area contributed by atoms with Crippen molar-refractivity contribution in [2.45, 2.75) is 0 Å². The predicted molar refractivity (Wildman–Crippen MR) is 57.1 cm³/mol. The number of hydrogen-bond acceptors (Lipinski definition) is 1. The number of fused-ring (bicyclic) bond motifs is 1. The van der Waals surface area contributed by atoms with Crippen molar-refractivity contribution < 1.29 is 4.79 Å². The number of aromatic nitrogens is 1. The van der Waals surface area contributed by atoms with Gasteiger partial charge in [0.15, 0.2) is 0 Å².